The molecule has 138 valence electrons. The van der Waals surface area contributed by atoms with Crippen molar-refractivity contribution in [1.82, 2.24) is 0 Å². The van der Waals surface area contributed by atoms with Crippen molar-refractivity contribution >= 4 is 15.8 Å². The minimum absolute atomic E-state index is 0.273. The highest BCUT2D eigenvalue weighted by atomic mass is 31.1. The third kappa shape index (κ3) is 4.05. The van der Waals surface area contributed by atoms with Gasteiger partial charge in [-0.15, -0.1) is 0 Å². The van der Waals surface area contributed by atoms with E-state index in [2.05, 4.69) is 6.92 Å². The third-order valence-corrected chi connectivity index (χ3v) is 14.9. The lowest BCUT2D eigenvalue weighted by molar-refractivity contribution is 0.183. The second kappa shape index (κ2) is 7.82. The van der Waals surface area contributed by atoms with Crippen LogP contribution in [0.1, 0.15) is 84.0 Å². The maximum atomic E-state index is 10.2. The van der Waals surface area contributed by atoms with Gasteiger partial charge in [0.2, 0.25) is 0 Å². The number of rotatable bonds is 5. The monoisotopic (exact) mass is 368 g/mol. The molecule has 4 atom stereocenters. The van der Waals surface area contributed by atoms with Gasteiger partial charge in [-0.05, 0) is 66.1 Å². The second-order valence-corrected chi connectivity index (χ2v) is 14.9. The summed E-state index contributed by atoms with van der Waals surface area (Å²) in [5.74, 6) is 0. The maximum Gasteiger partial charge on any atom is 0.0491 e. The fourth-order valence-corrected chi connectivity index (χ4v) is 13.9. The Morgan fingerprint density at radius 1 is 0.667 bits per heavy atom. The topological polar surface area (TPSA) is 20.2 Å². The Labute approximate surface area is 152 Å². The van der Waals surface area contributed by atoms with Crippen LogP contribution in [0.5, 0.6) is 0 Å². The van der Waals surface area contributed by atoms with Gasteiger partial charge in [0.15, 0.2) is 0 Å². The third-order valence-electron chi connectivity index (χ3n) is 7.42. The smallest absolute Gasteiger partial charge is 0.0491 e. The summed E-state index contributed by atoms with van der Waals surface area (Å²) in [4.78, 5) is 0. The molecule has 2 aliphatic heterocycles. The van der Waals surface area contributed by atoms with E-state index in [1.807, 2.05) is 0 Å². The minimum Gasteiger partial charge on any atom is -0.396 e. The number of hydrogen-bond acceptors (Lipinski definition) is 1. The zero-order valence-corrected chi connectivity index (χ0v) is 17.5. The van der Waals surface area contributed by atoms with Crippen LogP contribution in [0, 0.1) is 5.41 Å². The molecule has 2 saturated carbocycles. The highest BCUT2D eigenvalue weighted by Gasteiger charge is 2.54. The first-order valence-electron chi connectivity index (χ1n) is 10.8. The molecule has 0 bridgehead atoms. The van der Waals surface area contributed by atoms with Gasteiger partial charge < -0.3 is 5.11 Å². The first-order valence-corrected chi connectivity index (χ1v) is 14.2. The molecular formula is C21H38OP2. The molecule has 0 radical (unpaired) electrons. The first-order chi connectivity index (χ1) is 11.7. The number of fused-ring (bicyclic) bond motifs is 2. The molecule has 0 spiro atoms. The number of hydrogen-bond donors (Lipinski definition) is 1. The second-order valence-electron chi connectivity index (χ2n) is 9.57. The molecule has 1 nitrogen and oxygen atoms in total. The van der Waals surface area contributed by atoms with E-state index in [4.69, 9.17) is 0 Å². The van der Waals surface area contributed by atoms with Gasteiger partial charge in [0.1, 0.15) is 0 Å². The van der Waals surface area contributed by atoms with E-state index in [1.54, 1.807) is 0 Å². The van der Waals surface area contributed by atoms with Crippen LogP contribution in [0.4, 0.5) is 0 Å². The van der Waals surface area contributed by atoms with Crippen molar-refractivity contribution in [3.05, 3.63) is 0 Å². The van der Waals surface area contributed by atoms with E-state index in [-0.39, 0.29) is 21.3 Å². The molecule has 24 heavy (non-hydrogen) atoms. The number of aliphatic hydroxyl groups excluding tert-OH is 1. The zero-order valence-electron chi connectivity index (χ0n) is 15.8. The zero-order chi connectivity index (χ0) is 16.6. The van der Waals surface area contributed by atoms with Crippen LogP contribution >= 0.6 is 15.8 Å². The van der Waals surface area contributed by atoms with Crippen LogP contribution in [0.2, 0.25) is 0 Å². The lowest BCUT2D eigenvalue weighted by atomic mass is 9.98. The van der Waals surface area contributed by atoms with Gasteiger partial charge >= 0.3 is 0 Å². The van der Waals surface area contributed by atoms with Gasteiger partial charge in [0, 0.05) is 6.61 Å². The molecule has 4 fully saturated rings. The standard InChI is InChI=1S/C21H38OP2/c1-21(14-22,15-23-17-10-6-2-3-7-11-18(17)23)16-24-19-12-8-4-5-9-13-20(19)24/h17-20,22H,2-16H2,1H3. The van der Waals surface area contributed by atoms with Gasteiger partial charge in [0.25, 0.3) is 0 Å². The summed E-state index contributed by atoms with van der Waals surface area (Å²) in [6, 6.07) is 0. The van der Waals surface area contributed by atoms with Crippen molar-refractivity contribution in [2.75, 3.05) is 18.9 Å². The Balaban J connectivity index is 1.32. The summed E-state index contributed by atoms with van der Waals surface area (Å²) >= 11 is 0. The summed E-state index contributed by atoms with van der Waals surface area (Å²) in [7, 11) is 0.545. The Hall–Kier alpha value is 0.820. The molecule has 1 N–H and O–H groups in total. The van der Waals surface area contributed by atoms with E-state index in [1.165, 1.54) is 89.4 Å². The van der Waals surface area contributed by atoms with Gasteiger partial charge in [-0.2, -0.15) is 0 Å². The summed E-state index contributed by atoms with van der Waals surface area (Å²) in [5, 5.41) is 10.2. The van der Waals surface area contributed by atoms with Crippen molar-refractivity contribution < 1.29 is 5.11 Å². The fourth-order valence-electron chi connectivity index (χ4n) is 5.84. The normalized spacial score (nSPS) is 44.8. The number of aliphatic hydroxyl groups is 1. The van der Waals surface area contributed by atoms with Crippen molar-refractivity contribution in [3.8, 4) is 0 Å². The Morgan fingerprint density at radius 2 is 1.00 bits per heavy atom. The van der Waals surface area contributed by atoms with Crippen LogP contribution in [0.15, 0.2) is 0 Å². The summed E-state index contributed by atoms with van der Waals surface area (Å²) in [6.07, 6.45) is 20.8. The molecule has 2 aliphatic carbocycles. The van der Waals surface area contributed by atoms with Crippen LogP contribution in [-0.4, -0.2) is 46.7 Å². The molecule has 0 aromatic heterocycles. The Morgan fingerprint density at radius 3 is 1.29 bits per heavy atom. The highest BCUT2D eigenvalue weighted by Crippen LogP contribution is 2.75. The predicted molar refractivity (Wildman–Crippen MR) is 109 cm³/mol. The van der Waals surface area contributed by atoms with Crippen molar-refractivity contribution in [2.24, 2.45) is 5.41 Å². The van der Waals surface area contributed by atoms with Gasteiger partial charge in [-0.3, -0.25) is 0 Å². The molecule has 4 unspecified atom stereocenters. The predicted octanol–water partition coefficient (Wildman–Crippen LogP) is 6.16. The molecular weight excluding hydrogens is 330 g/mol. The van der Waals surface area contributed by atoms with E-state index < -0.39 is 0 Å². The summed E-state index contributed by atoms with van der Waals surface area (Å²) < 4.78 is 0. The maximum absolute atomic E-state index is 10.2. The first kappa shape index (κ1) is 18.2. The molecule has 0 aromatic rings. The SMILES string of the molecule is CC(CO)(CP1C2CCCCCCC21)CP1C2CCCCCCC21. The molecule has 3 heteroatoms. The van der Waals surface area contributed by atoms with Crippen LogP contribution in [0.25, 0.3) is 0 Å². The summed E-state index contributed by atoms with van der Waals surface area (Å²) in [5.41, 5.74) is 4.69. The average molecular weight is 368 g/mol. The highest BCUT2D eigenvalue weighted by molar-refractivity contribution is 7.68. The van der Waals surface area contributed by atoms with E-state index in [9.17, 15) is 5.11 Å². The quantitative estimate of drug-likeness (QED) is 0.576. The van der Waals surface area contributed by atoms with E-state index in [0.29, 0.717) is 6.61 Å². The molecule has 0 aromatic carbocycles. The van der Waals surface area contributed by atoms with Crippen LogP contribution in [0.3, 0.4) is 0 Å². The minimum atomic E-state index is 0.273. The van der Waals surface area contributed by atoms with Crippen LogP contribution in [-0.2, 0) is 0 Å². The molecule has 2 saturated heterocycles. The average Bonchev–Trinajstić information content (AvgIpc) is 3.35. The Kier molecular flexibility index (Phi) is 5.93. The lowest BCUT2D eigenvalue weighted by Gasteiger charge is -2.28. The van der Waals surface area contributed by atoms with Crippen molar-refractivity contribution in [1.29, 1.82) is 0 Å². The molecule has 4 aliphatic rings. The van der Waals surface area contributed by atoms with Crippen molar-refractivity contribution in [3.63, 3.8) is 0 Å². The fraction of sp³-hybridized carbons (Fsp3) is 1.00. The van der Waals surface area contributed by atoms with Gasteiger partial charge in [-0.1, -0.05) is 74.1 Å². The van der Waals surface area contributed by atoms with Gasteiger partial charge in [-0.25, -0.2) is 0 Å². The van der Waals surface area contributed by atoms with Crippen LogP contribution < -0.4 is 0 Å². The largest absolute Gasteiger partial charge is 0.396 e. The van der Waals surface area contributed by atoms with E-state index >= 15 is 0 Å². The van der Waals surface area contributed by atoms with Gasteiger partial charge in [0.05, 0.1) is 0 Å². The Bertz CT molecular complexity index is 364. The van der Waals surface area contributed by atoms with E-state index in [0.717, 1.165) is 22.6 Å². The van der Waals surface area contributed by atoms with Crippen molar-refractivity contribution in [2.45, 2.75) is 107 Å². The molecule has 4 rings (SSSR count). The molecule has 2 heterocycles. The molecule has 0 amide bonds. The lowest BCUT2D eigenvalue weighted by Crippen LogP contribution is -2.27. The summed E-state index contributed by atoms with van der Waals surface area (Å²) in [6.45, 7) is 2.92.